The van der Waals surface area contributed by atoms with Crippen LogP contribution in [0.25, 0.3) is 0 Å². The van der Waals surface area contributed by atoms with Gasteiger partial charge in [0.1, 0.15) is 6.61 Å². The molecule has 23 heavy (non-hydrogen) atoms. The Hall–Kier alpha value is -2.37. The molecule has 0 aromatic heterocycles. The maximum Gasteiger partial charge on any atom is 0.325 e. The molecule has 0 amide bonds. The van der Waals surface area contributed by atoms with Crippen LogP contribution in [0.15, 0.2) is 24.3 Å². The van der Waals surface area contributed by atoms with Gasteiger partial charge in [-0.05, 0) is 24.5 Å². The Morgan fingerprint density at radius 3 is 2.48 bits per heavy atom. The van der Waals surface area contributed by atoms with Gasteiger partial charge in [-0.3, -0.25) is 14.4 Å². The lowest BCUT2D eigenvalue weighted by Gasteiger charge is -2.11. The van der Waals surface area contributed by atoms with Crippen molar-refractivity contribution in [2.45, 2.75) is 26.4 Å². The van der Waals surface area contributed by atoms with Crippen molar-refractivity contribution in [3.8, 4) is 11.5 Å². The fourth-order valence-electron chi connectivity index (χ4n) is 2.42. The molecule has 0 spiro atoms. The van der Waals surface area contributed by atoms with Crippen molar-refractivity contribution >= 4 is 17.5 Å². The lowest BCUT2D eigenvalue weighted by molar-refractivity contribution is -0.147. The Bertz CT molecular complexity index is 607. The highest BCUT2D eigenvalue weighted by atomic mass is 16.6. The zero-order chi connectivity index (χ0) is 17.0. The van der Waals surface area contributed by atoms with E-state index in [1.165, 1.54) is 7.11 Å². The minimum absolute atomic E-state index is 0.190. The fraction of sp³-hybridized carbons (Fsp3) is 0.471. The van der Waals surface area contributed by atoms with Crippen molar-refractivity contribution in [1.82, 2.24) is 0 Å². The van der Waals surface area contributed by atoms with E-state index in [9.17, 15) is 14.4 Å². The zero-order valence-corrected chi connectivity index (χ0v) is 13.4. The first-order valence-corrected chi connectivity index (χ1v) is 7.46. The van der Waals surface area contributed by atoms with E-state index < -0.39 is 29.6 Å². The number of methoxy groups -OCH3 is 1. The molecule has 1 saturated heterocycles. The van der Waals surface area contributed by atoms with Gasteiger partial charge in [0.05, 0.1) is 7.11 Å². The van der Waals surface area contributed by atoms with Crippen LogP contribution in [0.2, 0.25) is 0 Å². The number of cyclic esters (lactones) is 1. The van der Waals surface area contributed by atoms with Crippen LogP contribution in [0.5, 0.6) is 11.5 Å². The third kappa shape index (κ3) is 3.88. The number of hydrogen-bond donors (Lipinski definition) is 0. The Labute approximate surface area is 134 Å². The topological polar surface area (TPSA) is 78.9 Å². The quantitative estimate of drug-likeness (QED) is 0.563. The first-order valence-electron chi connectivity index (χ1n) is 7.46. The molecule has 0 radical (unpaired) electrons. The van der Waals surface area contributed by atoms with Gasteiger partial charge in [0, 0.05) is 0 Å². The summed E-state index contributed by atoms with van der Waals surface area (Å²) < 4.78 is 15.5. The maximum absolute atomic E-state index is 12.2. The highest BCUT2D eigenvalue weighted by molar-refractivity contribution is 6.22. The van der Waals surface area contributed by atoms with E-state index >= 15 is 0 Å². The van der Waals surface area contributed by atoms with E-state index in [0.29, 0.717) is 17.9 Å². The van der Waals surface area contributed by atoms with Crippen LogP contribution in [-0.4, -0.2) is 37.4 Å². The smallest absolute Gasteiger partial charge is 0.325 e. The predicted molar refractivity (Wildman–Crippen MR) is 81.3 cm³/mol. The van der Waals surface area contributed by atoms with E-state index in [2.05, 4.69) is 0 Å². The summed E-state index contributed by atoms with van der Waals surface area (Å²) in [5.41, 5.74) is 0. The van der Waals surface area contributed by atoms with Crippen LogP contribution in [0.4, 0.5) is 0 Å². The Morgan fingerprint density at radius 2 is 1.87 bits per heavy atom. The van der Waals surface area contributed by atoms with Crippen molar-refractivity contribution < 1.29 is 28.6 Å². The number of hydrogen-bond acceptors (Lipinski definition) is 6. The second-order valence-corrected chi connectivity index (χ2v) is 5.80. The number of esters is 1. The van der Waals surface area contributed by atoms with E-state index in [4.69, 9.17) is 14.2 Å². The summed E-state index contributed by atoms with van der Waals surface area (Å²) in [5.74, 6) is -2.20. The number of ether oxygens (including phenoxy) is 3. The summed E-state index contributed by atoms with van der Waals surface area (Å²) in [6.45, 7) is 3.45. The number of rotatable bonds is 7. The van der Waals surface area contributed by atoms with Crippen LogP contribution >= 0.6 is 0 Å². The number of ketones is 2. The van der Waals surface area contributed by atoms with Crippen LogP contribution in [0.3, 0.4) is 0 Å². The number of benzene rings is 1. The number of carbonyl (C=O) groups is 3. The molecule has 2 rings (SSSR count). The average molecular weight is 320 g/mol. The second kappa shape index (κ2) is 7.26. The third-order valence-corrected chi connectivity index (χ3v) is 3.54. The molecule has 1 aromatic carbocycles. The van der Waals surface area contributed by atoms with Gasteiger partial charge in [-0.25, -0.2) is 0 Å². The van der Waals surface area contributed by atoms with E-state index in [0.717, 1.165) is 0 Å². The minimum Gasteiger partial charge on any atom is -0.493 e. The van der Waals surface area contributed by atoms with Crippen LogP contribution in [-0.2, 0) is 19.1 Å². The van der Waals surface area contributed by atoms with Crippen molar-refractivity contribution in [3.05, 3.63) is 24.3 Å². The monoisotopic (exact) mass is 320 g/mol. The summed E-state index contributed by atoms with van der Waals surface area (Å²) in [5, 5.41) is 0. The molecule has 0 saturated carbocycles. The van der Waals surface area contributed by atoms with Gasteiger partial charge >= 0.3 is 5.97 Å². The molecule has 124 valence electrons. The molecule has 1 heterocycles. The van der Waals surface area contributed by atoms with Gasteiger partial charge in [-0.15, -0.1) is 0 Å². The average Bonchev–Trinajstić information content (AvgIpc) is 2.78. The molecule has 2 atom stereocenters. The highest BCUT2D eigenvalue weighted by Crippen LogP contribution is 2.27. The lowest BCUT2D eigenvalue weighted by atomic mass is 9.94. The van der Waals surface area contributed by atoms with Crippen molar-refractivity contribution in [2.75, 3.05) is 13.7 Å². The Kier molecular flexibility index (Phi) is 5.36. The fourth-order valence-corrected chi connectivity index (χ4v) is 2.42. The van der Waals surface area contributed by atoms with Gasteiger partial charge in [-0.1, -0.05) is 26.0 Å². The van der Waals surface area contributed by atoms with E-state index in [1.807, 2.05) is 13.8 Å². The molecular formula is C17H20O6. The summed E-state index contributed by atoms with van der Waals surface area (Å²) in [6.07, 6.45) is -0.412. The van der Waals surface area contributed by atoms with Crippen LogP contribution < -0.4 is 9.47 Å². The first-order chi connectivity index (χ1) is 10.9. The normalized spacial score (nSPS) is 20.5. The zero-order valence-electron chi connectivity index (χ0n) is 13.4. The Balaban J connectivity index is 2.00. The van der Waals surface area contributed by atoms with Gasteiger partial charge in [0.2, 0.25) is 0 Å². The molecular weight excluding hydrogens is 300 g/mol. The standard InChI is InChI=1S/C17H20O6/c1-10(2)8-14-16(19)15(17(20)23-14)11(18)9-22-13-7-5-4-6-12(13)21-3/h4-7,10,14-15H,8-9H2,1-3H3. The molecule has 1 fully saturated rings. The molecule has 1 aliphatic heterocycles. The molecule has 1 aliphatic rings. The van der Waals surface area contributed by atoms with E-state index in [-0.39, 0.29) is 12.5 Å². The number of para-hydroxylation sites is 2. The van der Waals surface area contributed by atoms with Crippen molar-refractivity contribution in [1.29, 1.82) is 0 Å². The van der Waals surface area contributed by atoms with Gasteiger partial charge in [0.15, 0.2) is 35.1 Å². The SMILES string of the molecule is COc1ccccc1OCC(=O)C1C(=O)OC(CC(C)C)C1=O. The molecule has 2 unspecified atom stereocenters. The van der Waals surface area contributed by atoms with Crippen LogP contribution in [0.1, 0.15) is 20.3 Å². The van der Waals surface area contributed by atoms with Gasteiger partial charge < -0.3 is 14.2 Å². The van der Waals surface area contributed by atoms with Gasteiger partial charge in [0.25, 0.3) is 0 Å². The number of carbonyl (C=O) groups excluding carboxylic acids is 3. The largest absolute Gasteiger partial charge is 0.493 e. The van der Waals surface area contributed by atoms with Crippen molar-refractivity contribution in [2.24, 2.45) is 11.8 Å². The maximum atomic E-state index is 12.2. The molecule has 6 heteroatoms. The van der Waals surface area contributed by atoms with Gasteiger partial charge in [-0.2, -0.15) is 0 Å². The Morgan fingerprint density at radius 1 is 1.22 bits per heavy atom. The lowest BCUT2D eigenvalue weighted by Crippen LogP contribution is -2.32. The highest BCUT2D eigenvalue weighted by Gasteiger charge is 2.47. The van der Waals surface area contributed by atoms with Crippen molar-refractivity contribution in [3.63, 3.8) is 0 Å². The van der Waals surface area contributed by atoms with Crippen LogP contribution in [0, 0.1) is 11.8 Å². The summed E-state index contributed by atoms with van der Waals surface area (Å²) in [4.78, 5) is 36.2. The third-order valence-electron chi connectivity index (χ3n) is 3.54. The summed E-state index contributed by atoms with van der Waals surface area (Å²) in [7, 11) is 1.48. The first kappa shape index (κ1) is 17.0. The summed E-state index contributed by atoms with van der Waals surface area (Å²) >= 11 is 0. The molecule has 0 aliphatic carbocycles. The predicted octanol–water partition coefficient (Wildman–Crippen LogP) is 1.80. The summed E-state index contributed by atoms with van der Waals surface area (Å²) in [6, 6.07) is 6.83. The molecule has 0 bridgehead atoms. The molecule has 1 aromatic rings. The van der Waals surface area contributed by atoms with E-state index in [1.54, 1.807) is 24.3 Å². The second-order valence-electron chi connectivity index (χ2n) is 5.80. The molecule has 0 N–H and O–H groups in total. The molecule has 6 nitrogen and oxygen atoms in total. The minimum atomic E-state index is -1.38. The number of Topliss-reactive ketones (excluding diaryl/α,β-unsaturated/α-hetero) is 2.